The second-order valence-electron chi connectivity index (χ2n) is 6.24. The van der Waals surface area contributed by atoms with Gasteiger partial charge in [0.05, 0.1) is 18.8 Å². The summed E-state index contributed by atoms with van der Waals surface area (Å²) in [5.74, 6) is -0.222. The Balaban J connectivity index is 1.66. The van der Waals surface area contributed by atoms with Crippen LogP contribution in [0.15, 0.2) is 35.1 Å². The quantitative estimate of drug-likeness (QED) is 0.804. The maximum atomic E-state index is 13.4. The van der Waals surface area contributed by atoms with Gasteiger partial charge in [0.25, 0.3) is 0 Å². The summed E-state index contributed by atoms with van der Waals surface area (Å²) in [6.07, 6.45) is 1.77. The fraction of sp³-hybridized carbons (Fsp3) is 0.368. The summed E-state index contributed by atoms with van der Waals surface area (Å²) < 4.78 is 18.7. The van der Waals surface area contributed by atoms with Crippen molar-refractivity contribution in [1.29, 1.82) is 5.26 Å². The Morgan fingerprint density at radius 1 is 1.31 bits per heavy atom. The zero-order valence-corrected chi connectivity index (χ0v) is 14.2. The van der Waals surface area contributed by atoms with E-state index in [2.05, 4.69) is 4.99 Å². The zero-order chi connectivity index (χ0) is 18.5. The number of hydrogen-bond acceptors (Lipinski definition) is 6. The number of rotatable bonds is 5. The summed E-state index contributed by atoms with van der Waals surface area (Å²) in [6, 6.07) is 5.81. The summed E-state index contributed by atoms with van der Waals surface area (Å²) in [5.41, 5.74) is 1.02. The number of morpholine rings is 1. The molecule has 2 aliphatic heterocycles. The molecule has 2 aliphatic rings. The van der Waals surface area contributed by atoms with Gasteiger partial charge < -0.3 is 9.64 Å². The topological polar surface area (TPSA) is 82.8 Å². The lowest BCUT2D eigenvalue weighted by atomic mass is 10.00. The third kappa shape index (κ3) is 4.41. The number of ketones is 2. The van der Waals surface area contributed by atoms with E-state index < -0.39 is 5.82 Å². The molecule has 0 atom stereocenters. The summed E-state index contributed by atoms with van der Waals surface area (Å²) in [4.78, 5) is 30.8. The van der Waals surface area contributed by atoms with Gasteiger partial charge in [-0.1, -0.05) is 6.07 Å². The van der Waals surface area contributed by atoms with E-state index in [0.717, 1.165) is 0 Å². The Kier molecular flexibility index (Phi) is 5.54. The molecule has 0 spiro atoms. The largest absolute Gasteiger partial charge is 0.378 e. The lowest BCUT2D eigenvalue weighted by Gasteiger charge is -2.30. The van der Waals surface area contributed by atoms with Crippen molar-refractivity contribution in [2.75, 3.05) is 26.3 Å². The predicted octanol–water partition coefficient (Wildman–Crippen LogP) is 1.79. The number of halogens is 1. The number of carbonyl (C=O) groups excluding carboxylic acids is 2. The highest BCUT2D eigenvalue weighted by Crippen LogP contribution is 2.17. The Bertz CT molecular complexity index is 833. The number of carbonyl (C=O) groups is 2. The van der Waals surface area contributed by atoms with Gasteiger partial charge in [-0.15, -0.1) is 0 Å². The van der Waals surface area contributed by atoms with Crippen LogP contribution in [0.2, 0.25) is 0 Å². The van der Waals surface area contributed by atoms with Crippen molar-refractivity contribution < 1.29 is 18.7 Å². The van der Waals surface area contributed by atoms with Gasteiger partial charge in [-0.3, -0.25) is 9.59 Å². The fourth-order valence-corrected chi connectivity index (χ4v) is 2.97. The van der Waals surface area contributed by atoms with Crippen LogP contribution in [-0.2, 0) is 20.7 Å². The Hall–Kier alpha value is -2.85. The van der Waals surface area contributed by atoms with Gasteiger partial charge in [-0.25, -0.2) is 9.38 Å². The average molecular weight is 355 g/mol. The van der Waals surface area contributed by atoms with E-state index in [1.165, 1.54) is 24.3 Å². The molecule has 2 heterocycles. The van der Waals surface area contributed by atoms with Crippen LogP contribution in [0.25, 0.3) is 0 Å². The molecule has 0 amide bonds. The molecule has 0 radical (unpaired) electrons. The first-order valence-corrected chi connectivity index (χ1v) is 8.39. The molecule has 1 fully saturated rings. The van der Waals surface area contributed by atoms with Crippen LogP contribution in [0.4, 0.5) is 4.39 Å². The number of nitrogens with zero attached hydrogens (tertiary/aromatic N) is 3. The number of allylic oxidation sites excluding steroid dienone is 1. The smallest absolute Gasteiger partial charge is 0.164 e. The molecule has 0 saturated carbocycles. The van der Waals surface area contributed by atoms with Crippen LogP contribution < -0.4 is 0 Å². The number of hydrogen-bond donors (Lipinski definition) is 0. The van der Waals surface area contributed by atoms with Crippen molar-refractivity contribution in [2.24, 2.45) is 4.99 Å². The zero-order valence-electron chi connectivity index (χ0n) is 14.2. The van der Waals surface area contributed by atoms with Gasteiger partial charge in [0.2, 0.25) is 0 Å². The number of nitriles is 1. The summed E-state index contributed by atoms with van der Waals surface area (Å²) in [7, 11) is 0. The van der Waals surface area contributed by atoms with Crippen LogP contribution in [0.5, 0.6) is 0 Å². The molecule has 3 rings (SSSR count). The molecular formula is C19H18FN3O3. The Morgan fingerprint density at radius 2 is 2.08 bits per heavy atom. The first kappa shape index (κ1) is 18.0. The second kappa shape index (κ2) is 8.02. The van der Waals surface area contributed by atoms with E-state index in [1.54, 1.807) is 6.07 Å². The van der Waals surface area contributed by atoms with E-state index in [0.29, 0.717) is 43.4 Å². The highest BCUT2D eigenvalue weighted by Gasteiger charge is 2.21. The predicted molar refractivity (Wildman–Crippen MR) is 92.0 cm³/mol. The molecule has 1 saturated heterocycles. The highest BCUT2D eigenvalue weighted by molar-refractivity contribution is 6.14. The number of Topliss-reactive ketones (excluding diaryl/α,β-unsaturated/α-hetero) is 1. The maximum absolute atomic E-state index is 13.4. The van der Waals surface area contributed by atoms with Gasteiger partial charge in [-0.05, 0) is 17.7 Å². The van der Waals surface area contributed by atoms with Crippen molar-refractivity contribution in [3.05, 3.63) is 47.0 Å². The lowest BCUT2D eigenvalue weighted by molar-refractivity contribution is -0.117. The fourth-order valence-electron chi connectivity index (χ4n) is 2.97. The minimum absolute atomic E-state index is 0.0622. The molecule has 134 valence electrons. The van der Waals surface area contributed by atoms with Gasteiger partial charge in [-0.2, -0.15) is 5.26 Å². The molecular weight excluding hydrogens is 337 g/mol. The van der Waals surface area contributed by atoms with Crippen LogP contribution in [-0.4, -0.2) is 48.5 Å². The minimum Gasteiger partial charge on any atom is -0.378 e. The van der Waals surface area contributed by atoms with Crippen LogP contribution >= 0.6 is 0 Å². The van der Waals surface area contributed by atoms with Crippen molar-refractivity contribution in [2.45, 2.75) is 19.3 Å². The minimum atomic E-state index is -0.605. The molecule has 6 nitrogen and oxygen atoms in total. The molecule has 1 aromatic carbocycles. The second-order valence-corrected chi connectivity index (χ2v) is 6.24. The van der Waals surface area contributed by atoms with Gasteiger partial charge in [0.15, 0.2) is 5.78 Å². The Labute approximate surface area is 150 Å². The maximum Gasteiger partial charge on any atom is 0.164 e. The first-order valence-electron chi connectivity index (χ1n) is 8.39. The van der Waals surface area contributed by atoms with Crippen molar-refractivity contribution in [3.8, 4) is 6.07 Å². The molecule has 7 heteroatoms. The summed E-state index contributed by atoms with van der Waals surface area (Å²) in [6.45, 7) is 2.49. The third-order valence-corrected chi connectivity index (χ3v) is 4.23. The van der Waals surface area contributed by atoms with Gasteiger partial charge >= 0.3 is 0 Å². The van der Waals surface area contributed by atoms with Crippen molar-refractivity contribution >= 4 is 17.3 Å². The van der Waals surface area contributed by atoms with Crippen molar-refractivity contribution in [3.63, 3.8) is 0 Å². The summed E-state index contributed by atoms with van der Waals surface area (Å²) >= 11 is 0. The molecule has 0 N–H and O–H groups in total. The van der Waals surface area contributed by atoms with E-state index in [-0.39, 0.29) is 36.4 Å². The van der Waals surface area contributed by atoms with Crippen molar-refractivity contribution in [1.82, 2.24) is 4.90 Å². The monoisotopic (exact) mass is 355 g/mol. The van der Waals surface area contributed by atoms with Gasteiger partial charge in [0, 0.05) is 44.1 Å². The number of benzene rings is 1. The normalized spacial score (nSPS) is 17.4. The molecule has 26 heavy (non-hydrogen) atoms. The van der Waals surface area contributed by atoms with E-state index in [9.17, 15) is 14.0 Å². The lowest BCUT2D eigenvalue weighted by Crippen LogP contribution is -2.36. The van der Waals surface area contributed by atoms with Crippen LogP contribution in [0, 0.1) is 17.1 Å². The third-order valence-electron chi connectivity index (χ3n) is 4.23. The molecule has 0 unspecified atom stereocenters. The van der Waals surface area contributed by atoms with Gasteiger partial charge in [0.1, 0.15) is 23.5 Å². The Morgan fingerprint density at radius 3 is 2.81 bits per heavy atom. The first-order chi connectivity index (χ1) is 12.5. The standard InChI is InChI=1S/C19H18FN3O3/c20-18-2-1-13(7-14(18)12-21)8-16(24)9-15-10-17(25)11-19(22-15)23-3-5-26-6-4-23/h1-2,7,11H,3-6,8-10H2. The van der Waals surface area contributed by atoms with E-state index in [1.807, 2.05) is 4.90 Å². The molecule has 1 aromatic rings. The van der Waals surface area contributed by atoms with Crippen LogP contribution in [0.1, 0.15) is 24.0 Å². The average Bonchev–Trinajstić information content (AvgIpc) is 2.63. The molecule has 0 aromatic heterocycles. The molecule has 0 bridgehead atoms. The van der Waals surface area contributed by atoms with E-state index in [4.69, 9.17) is 10.00 Å². The number of ether oxygens (including phenoxy) is 1. The van der Waals surface area contributed by atoms with Crippen LogP contribution in [0.3, 0.4) is 0 Å². The number of aliphatic imine (C=N–C) groups is 1. The summed E-state index contributed by atoms with van der Waals surface area (Å²) in [5, 5.41) is 8.87. The highest BCUT2D eigenvalue weighted by atomic mass is 19.1. The SMILES string of the molecule is N#Cc1cc(CC(=O)CC2=NC(N3CCOCC3)=CC(=O)C2)ccc1F. The molecule has 0 aliphatic carbocycles. The van der Waals surface area contributed by atoms with E-state index >= 15 is 0 Å².